The number of likely N-dealkylation sites (N-methyl/N-ethyl adjacent to an activating group) is 1. The van der Waals surface area contributed by atoms with Gasteiger partial charge in [-0.15, -0.1) is 0 Å². The molecule has 1 heterocycles. The van der Waals surface area contributed by atoms with Crippen molar-refractivity contribution < 1.29 is 13.9 Å². The lowest BCUT2D eigenvalue weighted by Crippen LogP contribution is -2.38. The molecule has 0 radical (unpaired) electrons. The zero-order valence-electron chi connectivity index (χ0n) is 11.3. The second-order valence-corrected chi connectivity index (χ2v) is 5.53. The predicted octanol–water partition coefficient (Wildman–Crippen LogP) is 2.62. The number of rotatable bonds is 5. The van der Waals surface area contributed by atoms with E-state index in [1.54, 1.807) is 12.1 Å². The number of hydrogen-bond acceptors (Lipinski definition) is 4. The maximum absolute atomic E-state index is 14.4. The van der Waals surface area contributed by atoms with E-state index in [0.29, 0.717) is 5.56 Å². The van der Waals surface area contributed by atoms with Gasteiger partial charge >= 0.3 is 0 Å². The topological polar surface area (TPSA) is 30.5 Å². The summed E-state index contributed by atoms with van der Waals surface area (Å²) in [5.74, 6) is 1.88. The second-order valence-electron chi connectivity index (χ2n) is 4.38. The standard InChI is InChI=1S/C14H20FNO2S/c1-3-16-14(12-9-19-8-7-18-12)10-5-4-6-11(17-2)13(10)15/h4-6,12,14,16H,3,7-9H2,1-2H3. The van der Waals surface area contributed by atoms with Gasteiger partial charge in [0.15, 0.2) is 11.6 Å². The van der Waals surface area contributed by atoms with Gasteiger partial charge in [-0.25, -0.2) is 4.39 Å². The van der Waals surface area contributed by atoms with Gasteiger partial charge in [-0.3, -0.25) is 0 Å². The van der Waals surface area contributed by atoms with Crippen LogP contribution in [0, 0.1) is 5.82 Å². The van der Waals surface area contributed by atoms with Gasteiger partial charge < -0.3 is 14.8 Å². The largest absolute Gasteiger partial charge is 0.494 e. The Hall–Kier alpha value is -0.780. The summed E-state index contributed by atoms with van der Waals surface area (Å²) in [5, 5.41) is 3.33. The first-order chi connectivity index (χ1) is 9.27. The van der Waals surface area contributed by atoms with E-state index < -0.39 is 0 Å². The van der Waals surface area contributed by atoms with Gasteiger partial charge in [0.05, 0.1) is 25.9 Å². The zero-order chi connectivity index (χ0) is 13.7. The fraction of sp³-hybridized carbons (Fsp3) is 0.571. The highest BCUT2D eigenvalue weighted by Crippen LogP contribution is 2.30. The third-order valence-electron chi connectivity index (χ3n) is 3.19. The van der Waals surface area contributed by atoms with Gasteiger partial charge in [-0.2, -0.15) is 11.8 Å². The molecule has 0 aromatic heterocycles. The molecule has 19 heavy (non-hydrogen) atoms. The Morgan fingerprint density at radius 3 is 3.05 bits per heavy atom. The van der Waals surface area contributed by atoms with E-state index in [1.807, 2.05) is 24.8 Å². The fourth-order valence-electron chi connectivity index (χ4n) is 2.29. The summed E-state index contributed by atoms with van der Waals surface area (Å²) >= 11 is 1.85. The van der Waals surface area contributed by atoms with Crippen molar-refractivity contribution in [2.24, 2.45) is 0 Å². The van der Waals surface area contributed by atoms with Crippen molar-refractivity contribution in [2.75, 3.05) is 31.8 Å². The number of halogens is 1. The summed E-state index contributed by atoms with van der Waals surface area (Å²) in [5.41, 5.74) is 0.619. The van der Waals surface area contributed by atoms with Gasteiger partial charge in [-0.05, 0) is 12.6 Å². The van der Waals surface area contributed by atoms with Crippen molar-refractivity contribution >= 4 is 11.8 Å². The second kappa shape index (κ2) is 7.12. The lowest BCUT2D eigenvalue weighted by molar-refractivity contribution is 0.0461. The van der Waals surface area contributed by atoms with Crippen LogP contribution in [-0.2, 0) is 4.74 Å². The van der Waals surface area contributed by atoms with Crippen LogP contribution in [0.25, 0.3) is 0 Å². The summed E-state index contributed by atoms with van der Waals surface area (Å²) < 4.78 is 25.2. The van der Waals surface area contributed by atoms with Crippen molar-refractivity contribution in [1.29, 1.82) is 0 Å². The molecule has 1 fully saturated rings. The minimum atomic E-state index is -0.296. The number of benzene rings is 1. The number of methoxy groups -OCH3 is 1. The molecule has 1 N–H and O–H groups in total. The van der Waals surface area contributed by atoms with Gasteiger partial charge in [0, 0.05) is 17.1 Å². The SMILES string of the molecule is CCNC(c1cccc(OC)c1F)C1CSCCO1. The van der Waals surface area contributed by atoms with Gasteiger partial charge in [0.2, 0.25) is 0 Å². The molecule has 1 aromatic carbocycles. The molecule has 0 spiro atoms. The van der Waals surface area contributed by atoms with E-state index in [9.17, 15) is 4.39 Å². The lowest BCUT2D eigenvalue weighted by atomic mass is 10.0. The molecule has 0 saturated carbocycles. The van der Waals surface area contributed by atoms with Gasteiger partial charge in [-0.1, -0.05) is 19.1 Å². The van der Waals surface area contributed by atoms with Crippen LogP contribution >= 0.6 is 11.8 Å². The van der Waals surface area contributed by atoms with Crippen LogP contribution in [0.3, 0.4) is 0 Å². The van der Waals surface area contributed by atoms with E-state index in [1.165, 1.54) is 7.11 Å². The highest BCUT2D eigenvalue weighted by Gasteiger charge is 2.28. The molecular formula is C14H20FNO2S. The average Bonchev–Trinajstić information content (AvgIpc) is 2.46. The van der Waals surface area contributed by atoms with E-state index in [4.69, 9.17) is 9.47 Å². The fourth-order valence-corrected chi connectivity index (χ4v) is 3.19. The molecule has 2 rings (SSSR count). The smallest absolute Gasteiger partial charge is 0.169 e. The molecule has 106 valence electrons. The van der Waals surface area contributed by atoms with Crippen LogP contribution in [0.4, 0.5) is 4.39 Å². The van der Waals surface area contributed by atoms with Crippen LogP contribution in [0.5, 0.6) is 5.75 Å². The zero-order valence-corrected chi connectivity index (χ0v) is 12.1. The van der Waals surface area contributed by atoms with Crippen LogP contribution in [0.2, 0.25) is 0 Å². The Kier molecular flexibility index (Phi) is 5.48. The molecule has 1 aliphatic heterocycles. The van der Waals surface area contributed by atoms with Crippen molar-refractivity contribution in [3.8, 4) is 5.75 Å². The predicted molar refractivity (Wildman–Crippen MR) is 76.4 cm³/mol. The summed E-state index contributed by atoms with van der Waals surface area (Å²) in [6, 6.07) is 5.12. The maximum atomic E-state index is 14.4. The Bertz CT molecular complexity index is 410. The van der Waals surface area contributed by atoms with Crippen LogP contribution in [0.15, 0.2) is 18.2 Å². The first-order valence-electron chi connectivity index (χ1n) is 6.53. The highest BCUT2D eigenvalue weighted by atomic mass is 32.2. The highest BCUT2D eigenvalue weighted by molar-refractivity contribution is 7.99. The molecule has 2 atom stereocenters. The van der Waals surface area contributed by atoms with Crippen molar-refractivity contribution in [2.45, 2.75) is 19.1 Å². The molecule has 2 unspecified atom stereocenters. The molecule has 3 nitrogen and oxygen atoms in total. The first-order valence-corrected chi connectivity index (χ1v) is 7.68. The maximum Gasteiger partial charge on any atom is 0.169 e. The normalized spacial score (nSPS) is 21.1. The summed E-state index contributed by atoms with van der Waals surface area (Å²) in [7, 11) is 1.48. The average molecular weight is 285 g/mol. The molecule has 0 amide bonds. The Morgan fingerprint density at radius 1 is 1.58 bits per heavy atom. The minimum Gasteiger partial charge on any atom is -0.494 e. The van der Waals surface area contributed by atoms with E-state index in [-0.39, 0.29) is 23.7 Å². The number of thioether (sulfide) groups is 1. The molecule has 5 heteroatoms. The van der Waals surface area contributed by atoms with Crippen molar-refractivity contribution in [1.82, 2.24) is 5.32 Å². The summed E-state index contributed by atoms with van der Waals surface area (Å²) in [4.78, 5) is 0. The minimum absolute atomic E-state index is 0.000283. The van der Waals surface area contributed by atoms with E-state index in [0.717, 1.165) is 24.7 Å². The monoisotopic (exact) mass is 285 g/mol. The number of ether oxygens (including phenoxy) is 2. The Morgan fingerprint density at radius 2 is 2.42 bits per heavy atom. The molecule has 0 aliphatic carbocycles. The van der Waals surface area contributed by atoms with Crippen LogP contribution < -0.4 is 10.1 Å². The molecule has 1 aliphatic rings. The molecule has 1 saturated heterocycles. The quantitative estimate of drug-likeness (QED) is 0.901. The van der Waals surface area contributed by atoms with Crippen molar-refractivity contribution in [3.05, 3.63) is 29.6 Å². The lowest BCUT2D eigenvalue weighted by Gasteiger charge is -2.31. The Labute approximate surface area is 117 Å². The number of hydrogen-bond donors (Lipinski definition) is 1. The van der Waals surface area contributed by atoms with E-state index >= 15 is 0 Å². The third-order valence-corrected chi connectivity index (χ3v) is 4.21. The summed E-state index contributed by atoms with van der Waals surface area (Å²) in [6.45, 7) is 3.51. The third kappa shape index (κ3) is 3.41. The van der Waals surface area contributed by atoms with Crippen LogP contribution in [-0.4, -0.2) is 37.9 Å². The Balaban J connectivity index is 2.27. The molecular weight excluding hydrogens is 265 g/mol. The van der Waals surface area contributed by atoms with Gasteiger partial charge in [0.1, 0.15) is 0 Å². The molecule has 1 aromatic rings. The van der Waals surface area contributed by atoms with Crippen LogP contribution in [0.1, 0.15) is 18.5 Å². The van der Waals surface area contributed by atoms with Gasteiger partial charge in [0.25, 0.3) is 0 Å². The van der Waals surface area contributed by atoms with E-state index in [2.05, 4.69) is 5.32 Å². The first kappa shape index (κ1) is 14.6. The number of nitrogens with one attached hydrogen (secondary N) is 1. The van der Waals surface area contributed by atoms with Crippen molar-refractivity contribution in [3.63, 3.8) is 0 Å². The summed E-state index contributed by atoms with van der Waals surface area (Å²) in [6.07, 6.45) is 0.000283. The molecule has 0 bridgehead atoms.